The second-order valence-corrected chi connectivity index (χ2v) is 4.10. The molecule has 88 valence electrons. The quantitative estimate of drug-likeness (QED) is 0.837. The number of anilines is 1. The van der Waals surface area contributed by atoms with Crippen LogP contribution in [0.1, 0.15) is 6.42 Å². The number of nitrogens with one attached hydrogen (secondary N) is 1. The van der Waals surface area contributed by atoms with Crippen LogP contribution in [-0.4, -0.2) is 44.3 Å². The average Bonchev–Trinajstić information content (AvgIpc) is 2.59. The number of para-hydroxylation sites is 1. The predicted octanol–water partition coefficient (Wildman–Crippen LogP) is 1.82. The first-order chi connectivity index (χ1) is 7.95. The molecule has 0 aromatic heterocycles. The Bertz CT molecular complexity index is 281. The van der Waals surface area contributed by atoms with E-state index in [4.69, 9.17) is 4.74 Å². The van der Waals surface area contributed by atoms with Crippen molar-refractivity contribution in [1.82, 2.24) is 4.90 Å². The predicted molar refractivity (Wildman–Crippen MR) is 66.8 cm³/mol. The summed E-state index contributed by atoms with van der Waals surface area (Å²) in [7, 11) is 0. The fourth-order valence-corrected chi connectivity index (χ4v) is 1.94. The molecule has 1 aromatic carbocycles. The Kier molecular flexibility index (Phi) is 4.65. The third-order valence-electron chi connectivity index (χ3n) is 2.85. The molecule has 1 aliphatic heterocycles. The van der Waals surface area contributed by atoms with Gasteiger partial charge in [0.2, 0.25) is 0 Å². The Morgan fingerprint density at radius 1 is 1.12 bits per heavy atom. The molecule has 1 heterocycles. The van der Waals surface area contributed by atoms with E-state index in [2.05, 4.69) is 34.5 Å². The maximum Gasteiger partial charge on any atom is 0.0593 e. The van der Waals surface area contributed by atoms with Crippen molar-refractivity contribution in [3.05, 3.63) is 30.3 Å². The van der Waals surface area contributed by atoms with Crippen LogP contribution in [0.5, 0.6) is 0 Å². The standard InChI is InChI=1S/C13H20N2O/c1-2-5-13(6-3-1)14-7-9-15-8-4-11-16-12-10-15/h1-3,5-6,14H,4,7-12H2. The summed E-state index contributed by atoms with van der Waals surface area (Å²) in [5.41, 5.74) is 1.20. The van der Waals surface area contributed by atoms with Crippen molar-refractivity contribution in [1.29, 1.82) is 0 Å². The lowest BCUT2D eigenvalue weighted by Gasteiger charge is -2.19. The minimum absolute atomic E-state index is 0.880. The van der Waals surface area contributed by atoms with E-state index in [0.717, 1.165) is 45.8 Å². The maximum absolute atomic E-state index is 5.43. The van der Waals surface area contributed by atoms with Gasteiger partial charge >= 0.3 is 0 Å². The molecule has 3 nitrogen and oxygen atoms in total. The summed E-state index contributed by atoms with van der Waals surface area (Å²) in [5, 5.41) is 3.43. The van der Waals surface area contributed by atoms with E-state index in [0.29, 0.717) is 0 Å². The highest BCUT2D eigenvalue weighted by Gasteiger charge is 2.07. The number of hydrogen-bond donors (Lipinski definition) is 1. The van der Waals surface area contributed by atoms with Crippen molar-refractivity contribution in [2.75, 3.05) is 44.7 Å². The van der Waals surface area contributed by atoms with Crippen LogP contribution >= 0.6 is 0 Å². The Labute approximate surface area is 97.4 Å². The van der Waals surface area contributed by atoms with E-state index in [9.17, 15) is 0 Å². The number of benzene rings is 1. The van der Waals surface area contributed by atoms with Crippen molar-refractivity contribution >= 4 is 5.69 Å². The normalized spacial score (nSPS) is 18.0. The molecule has 1 saturated heterocycles. The molecule has 1 N–H and O–H groups in total. The maximum atomic E-state index is 5.43. The van der Waals surface area contributed by atoms with E-state index < -0.39 is 0 Å². The minimum atomic E-state index is 0.880. The van der Waals surface area contributed by atoms with E-state index in [1.165, 1.54) is 5.69 Å². The number of nitrogens with zero attached hydrogens (tertiary/aromatic N) is 1. The molecule has 0 radical (unpaired) electrons. The first kappa shape index (κ1) is 11.4. The molecular weight excluding hydrogens is 200 g/mol. The molecule has 1 aromatic rings. The molecule has 0 unspecified atom stereocenters. The van der Waals surface area contributed by atoms with Crippen LogP contribution in [0, 0.1) is 0 Å². The van der Waals surface area contributed by atoms with Gasteiger partial charge < -0.3 is 10.1 Å². The first-order valence-electron chi connectivity index (χ1n) is 6.04. The highest BCUT2D eigenvalue weighted by atomic mass is 16.5. The van der Waals surface area contributed by atoms with Gasteiger partial charge in [0.25, 0.3) is 0 Å². The highest BCUT2D eigenvalue weighted by Crippen LogP contribution is 2.04. The summed E-state index contributed by atoms with van der Waals surface area (Å²) in [5.74, 6) is 0. The van der Waals surface area contributed by atoms with Gasteiger partial charge in [-0.15, -0.1) is 0 Å². The van der Waals surface area contributed by atoms with E-state index in [-0.39, 0.29) is 0 Å². The zero-order valence-corrected chi connectivity index (χ0v) is 9.69. The Morgan fingerprint density at radius 3 is 2.88 bits per heavy atom. The lowest BCUT2D eigenvalue weighted by molar-refractivity contribution is 0.142. The van der Waals surface area contributed by atoms with Gasteiger partial charge in [0, 0.05) is 38.5 Å². The SMILES string of the molecule is c1ccc(NCCN2CCCOCC2)cc1. The Morgan fingerprint density at radius 2 is 2.00 bits per heavy atom. The number of hydrogen-bond acceptors (Lipinski definition) is 3. The zero-order chi connectivity index (χ0) is 11.1. The molecule has 1 fully saturated rings. The van der Waals surface area contributed by atoms with Crippen LogP contribution in [-0.2, 0) is 4.74 Å². The highest BCUT2D eigenvalue weighted by molar-refractivity contribution is 5.42. The van der Waals surface area contributed by atoms with Crippen molar-refractivity contribution in [3.8, 4) is 0 Å². The lowest BCUT2D eigenvalue weighted by Crippen LogP contribution is -2.31. The molecule has 0 amide bonds. The van der Waals surface area contributed by atoms with Gasteiger partial charge in [-0.3, -0.25) is 4.90 Å². The Balaban J connectivity index is 1.67. The molecule has 2 rings (SSSR count). The van der Waals surface area contributed by atoms with Gasteiger partial charge in [-0.1, -0.05) is 18.2 Å². The molecule has 3 heteroatoms. The van der Waals surface area contributed by atoms with Crippen LogP contribution in [0.2, 0.25) is 0 Å². The monoisotopic (exact) mass is 220 g/mol. The van der Waals surface area contributed by atoms with E-state index >= 15 is 0 Å². The number of ether oxygens (including phenoxy) is 1. The van der Waals surface area contributed by atoms with Crippen LogP contribution < -0.4 is 5.32 Å². The summed E-state index contributed by atoms with van der Waals surface area (Å²) in [6.45, 7) is 6.13. The second kappa shape index (κ2) is 6.51. The average molecular weight is 220 g/mol. The summed E-state index contributed by atoms with van der Waals surface area (Å²) in [6.07, 6.45) is 1.16. The topological polar surface area (TPSA) is 24.5 Å². The molecule has 0 spiro atoms. The van der Waals surface area contributed by atoms with Gasteiger partial charge in [-0.25, -0.2) is 0 Å². The molecule has 0 aliphatic carbocycles. The fraction of sp³-hybridized carbons (Fsp3) is 0.538. The van der Waals surface area contributed by atoms with Crippen LogP contribution in [0.4, 0.5) is 5.69 Å². The largest absolute Gasteiger partial charge is 0.384 e. The molecule has 0 saturated carbocycles. The van der Waals surface area contributed by atoms with Gasteiger partial charge in [-0.05, 0) is 18.6 Å². The molecule has 0 bridgehead atoms. The smallest absolute Gasteiger partial charge is 0.0593 e. The van der Waals surface area contributed by atoms with Crippen molar-refractivity contribution in [2.45, 2.75) is 6.42 Å². The molecular formula is C13H20N2O. The van der Waals surface area contributed by atoms with E-state index in [1.54, 1.807) is 0 Å². The summed E-state index contributed by atoms with van der Waals surface area (Å²) in [6, 6.07) is 10.4. The van der Waals surface area contributed by atoms with Crippen LogP contribution in [0.25, 0.3) is 0 Å². The lowest BCUT2D eigenvalue weighted by atomic mass is 10.3. The fourth-order valence-electron chi connectivity index (χ4n) is 1.94. The van der Waals surface area contributed by atoms with Gasteiger partial charge in [-0.2, -0.15) is 0 Å². The van der Waals surface area contributed by atoms with E-state index in [1.807, 2.05) is 6.07 Å². The molecule has 1 aliphatic rings. The van der Waals surface area contributed by atoms with Crippen LogP contribution in [0.15, 0.2) is 30.3 Å². The summed E-state index contributed by atoms with van der Waals surface area (Å²) >= 11 is 0. The summed E-state index contributed by atoms with van der Waals surface area (Å²) < 4.78 is 5.43. The van der Waals surface area contributed by atoms with Gasteiger partial charge in [0.1, 0.15) is 0 Å². The van der Waals surface area contributed by atoms with Crippen molar-refractivity contribution < 1.29 is 4.74 Å². The van der Waals surface area contributed by atoms with Gasteiger partial charge in [0.05, 0.1) is 6.61 Å². The van der Waals surface area contributed by atoms with Crippen molar-refractivity contribution in [2.24, 2.45) is 0 Å². The third-order valence-corrected chi connectivity index (χ3v) is 2.85. The third kappa shape index (κ3) is 3.83. The second-order valence-electron chi connectivity index (χ2n) is 4.10. The number of rotatable bonds is 4. The van der Waals surface area contributed by atoms with Gasteiger partial charge in [0.15, 0.2) is 0 Å². The van der Waals surface area contributed by atoms with Crippen molar-refractivity contribution in [3.63, 3.8) is 0 Å². The zero-order valence-electron chi connectivity index (χ0n) is 9.69. The molecule has 16 heavy (non-hydrogen) atoms. The minimum Gasteiger partial charge on any atom is -0.384 e. The molecule has 0 atom stereocenters. The van der Waals surface area contributed by atoms with Crippen LogP contribution in [0.3, 0.4) is 0 Å². The first-order valence-corrected chi connectivity index (χ1v) is 6.04. The Hall–Kier alpha value is -1.06. The summed E-state index contributed by atoms with van der Waals surface area (Å²) in [4.78, 5) is 2.46.